The lowest BCUT2D eigenvalue weighted by Gasteiger charge is -2.25. The SMILES string of the molecule is CC/C=C\C/C=C\C/C=C\C/C=C\CCCCCCCCCCC(=O)NC(COP(=O)(O)OCC[N+](C)(C)C)C(O)/C=C/CC/C=C/CCCCCC. The Morgan fingerprint density at radius 1 is 0.660 bits per heavy atom. The first kappa shape index (κ1) is 50.9. The molecule has 0 aliphatic heterocycles. The number of aliphatic hydroxyl groups excluding tert-OH is 1. The fraction of sp³-hybridized carbons (Fsp3) is 0.705. The number of quaternary nitrogens is 1. The molecule has 0 aliphatic carbocycles. The normalized spacial score (nSPS) is 15.2. The molecule has 306 valence electrons. The highest BCUT2D eigenvalue weighted by Crippen LogP contribution is 2.43. The minimum Gasteiger partial charge on any atom is -0.387 e. The Hall–Kier alpha value is -2.06. The molecule has 0 fully saturated rings. The van der Waals surface area contributed by atoms with Crippen LogP contribution in [0.1, 0.15) is 149 Å². The second-order valence-corrected chi connectivity index (χ2v) is 16.4. The van der Waals surface area contributed by atoms with E-state index in [1.807, 2.05) is 27.2 Å². The molecule has 0 saturated carbocycles. The number of nitrogens with one attached hydrogen (secondary N) is 1. The molecule has 8 nitrogen and oxygen atoms in total. The maximum Gasteiger partial charge on any atom is 0.472 e. The minimum absolute atomic E-state index is 0.0505. The maximum atomic E-state index is 12.8. The monoisotopic (exact) mass is 764 g/mol. The number of rotatable bonds is 36. The molecule has 0 rings (SSSR count). The van der Waals surface area contributed by atoms with Gasteiger partial charge in [0.15, 0.2) is 0 Å². The molecule has 0 aromatic heterocycles. The van der Waals surface area contributed by atoms with Crippen LogP contribution in [0.2, 0.25) is 0 Å². The second kappa shape index (κ2) is 35.6. The van der Waals surface area contributed by atoms with Crippen molar-refractivity contribution in [2.24, 2.45) is 0 Å². The van der Waals surface area contributed by atoms with E-state index in [9.17, 15) is 19.4 Å². The standard InChI is InChI=1S/C44H79N2O6P/c1-6-8-10-12-14-16-18-19-20-21-22-23-24-25-26-27-28-30-32-34-36-38-44(48)45-42(41-52-53(49,50)51-40-39-46(3,4)5)43(47)37-35-33-31-29-17-15-13-11-9-7-2/h8,10,14,16-17,19-20,22-23,29,35,37,42-43,47H,6-7,9,11-13,15,18,21,24-28,30-34,36,38-41H2,1-5H3,(H-,45,48,49,50)/p+1/b10-8-,16-14-,20-19-,23-22-,29-17+,37-35+. The minimum atomic E-state index is -4.34. The van der Waals surface area contributed by atoms with E-state index in [4.69, 9.17) is 9.05 Å². The van der Waals surface area contributed by atoms with Gasteiger partial charge in [0.2, 0.25) is 5.91 Å². The highest BCUT2D eigenvalue weighted by atomic mass is 31.2. The van der Waals surface area contributed by atoms with E-state index >= 15 is 0 Å². The van der Waals surface area contributed by atoms with E-state index in [0.717, 1.165) is 70.6 Å². The van der Waals surface area contributed by atoms with Crippen LogP contribution in [0.25, 0.3) is 0 Å². The van der Waals surface area contributed by atoms with Gasteiger partial charge in [0.1, 0.15) is 13.2 Å². The molecule has 0 heterocycles. The average Bonchev–Trinajstić information content (AvgIpc) is 3.10. The van der Waals surface area contributed by atoms with Gasteiger partial charge in [-0.3, -0.25) is 13.8 Å². The molecular weight excluding hydrogens is 683 g/mol. The van der Waals surface area contributed by atoms with Gasteiger partial charge in [-0.2, -0.15) is 0 Å². The molecule has 53 heavy (non-hydrogen) atoms. The first-order valence-electron chi connectivity index (χ1n) is 20.8. The molecule has 0 saturated heterocycles. The van der Waals surface area contributed by atoms with Gasteiger partial charge >= 0.3 is 7.82 Å². The van der Waals surface area contributed by atoms with Gasteiger partial charge in [0.05, 0.1) is 39.9 Å². The second-order valence-electron chi connectivity index (χ2n) is 15.0. The Bertz CT molecular complexity index is 1090. The molecule has 0 aromatic carbocycles. The zero-order valence-corrected chi connectivity index (χ0v) is 35.4. The number of carbonyl (C=O) groups excluding carboxylic acids is 1. The molecule has 9 heteroatoms. The summed E-state index contributed by atoms with van der Waals surface area (Å²) in [5, 5.41) is 13.7. The average molecular weight is 764 g/mol. The van der Waals surface area contributed by atoms with Crippen molar-refractivity contribution in [3.63, 3.8) is 0 Å². The van der Waals surface area contributed by atoms with Crippen LogP contribution in [-0.2, 0) is 18.4 Å². The number of carbonyl (C=O) groups is 1. The largest absolute Gasteiger partial charge is 0.472 e. The number of amides is 1. The molecular formula is C44H80N2O6P+. The number of allylic oxidation sites excluding steroid dienone is 11. The van der Waals surface area contributed by atoms with Crippen molar-refractivity contribution in [1.29, 1.82) is 0 Å². The number of phosphoric acid groups is 1. The number of hydrogen-bond donors (Lipinski definition) is 3. The van der Waals surface area contributed by atoms with Gasteiger partial charge in [0, 0.05) is 6.42 Å². The third-order valence-electron chi connectivity index (χ3n) is 8.66. The zero-order chi connectivity index (χ0) is 39.3. The Labute approximate surface area is 325 Å². The van der Waals surface area contributed by atoms with Crippen molar-refractivity contribution in [3.05, 3.63) is 72.9 Å². The number of unbranched alkanes of at least 4 members (excludes halogenated alkanes) is 13. The lowest BCUT2D eigenvalue weighted by molar-refractivity contribution is -0.870. The van der Waals surface area contributed by atoms with Crippen LogP contribution < -0.4 is 5.32 Å². The summed E-state index contributed by atoms with van der Waals surface area (Å²) < 4.78 is 23.4. The Kier molecular flexibility index (Phi) is 34.2. The van der Waals surface area contributed by atoms with Crippen molar-refractivity contribution in [2.45, 2.75) is 161 Å². The molecule has 1 amide bonds. The predicted molar refractivity (Wildman–Crippen MR) is 226 cm³/mol. The van der Waals surface area contributed by atoms with Gasteiger partial charge in [-0.1, -0.05) is 145 Å². The van der Waals surface area contributed by atoms with Crippen molar-refractivity contribution in [1.82, 2.24) is 5.32 Å². The van der Waals surface area contributed by atoms with Crippen molar-refractivity contribution < 1.29 is 32.9 Å². The summed E-state index contributed by atoms with van der Waals surface area (Å²) in [6.45, 7) is 4.60. The summed E-state index contributed by atoms with van der Waals surface area (Å²) >= 11 is 0. The van der Waals surface area contributed by atoms with Gasteiger partial charge in [-0.25, -0.2) is 4.57 Å². The Morgan fingerprint density at radius 3 is 1.74 bits per heavy atom. The lowest BCUT2D eigenvalue weighted by Crippen LogP contribution is -2.45. The number of nitrogens with zero attached hydrogens (tertiary/aromatic N) is 1. The summed E-state index contributed by atoms with van der Waals surface area (Å²) in [4.78, 5) is 23.0. The number of aliphatic hydroxyl groups is 1. The van der Waals surface area contributed by atoms with Crippen LogP contribution >= 0.6 is 7.82 Å². The third kappa shape index (κ3) is 38.0. The number of phosphoric ester groups is 1. The summed E-state index contributed by atoms with van der Waals surface area (Å²) in [6.07, 6.45) is 46.9. The van der Waals surface area contributed by atoms with Crippen LogP contribution in [0.3, 0.4) is 0 Å². The van der Waals surface area contributed by atoms with E-state index in [0.29, 0.717) is 17.4 Å². The Balaban J connectivity index is 4.41. The number of likely N-dealkylation sites (N-methyl/N-ethyl adjacent to an activating group) is 1. The molecule has 0 aromatic rings. The van der Waals surface area contributed by atoms with Gasteiger partial charge in [0.25, 0.3) is 0 Å². The molecule has 0 aliphatic rings. The molecule has 3 atom stereocenters. The van der Waals surface area contributed by atoms with Crippen molar-refractivity contribution in [2.75, 3.05) is 40.9 Å². The molecule has 0 radical (unpaired) electrons. The fourth-order valence-corrected chi connectivity index (χ4v) is 6.08. The van der Waals surface area contributed by atoms with Crippen molar-refractivity contribution >= 4 is 13.7 Å². The third-order valence-corrected chi connectivity index (χ3v) is 9.64. The summed E-state index contributed by atoms with van der Waals surface area (Å²) in [7, 11) is 1.53. The lowest BCUT2D eigenvalue weighted by atomic mass is 10.1. The van der Waals surface area contributed by atoms with E-state index in [2.05, 4.69) is 79.9 Å². The fourth-order valence-electron chi connectivity index (χ4n) is 5.34. The van der Waals surface area contributed by atoms with E-state index in [1.54, 1.807) is 6.08 Å². The van der Waals surface area contributed by atoms with Crippen molar-refractivity contribution in [3.8, 4) is 0 Å². The van der Waals surface area contributed by atoms with Gasteiger partial charge < -0.3 is 19.8 Å². The predicted octanol–water partition coefficient (Wildman–Crippen LogP) is 11.2. The first-order chi connectivity index (χ1) is 25.5. The van der Waals surface area contributed by atoms with E-state index in [1.165, 1.54) is 57.8 Å². The first-order valence-corrected chi connectivity index (χ1v) is 22.3. The highest BCUT2D eigenvalue weighted by molar-refractivity contribution is 7.47. The molecule has 0 spiro atoms. The molecule has 0 bridgehead atoms. The van der Waals surface area contributed by atoms with Gasteiger partial charge in [-0.05, 0) is 70.6 Å². The van der Waals surface area contributed by atoms with Crippen LogP contribution in [0.15, 0.2) is 72.9 Å². The molecule has 3 unspecified atom stereocenters. The quantitative estimate of drug-likeness (QED) is 0.0254. The summed E-state index contributed by atoms with van der Waals surface area (Å²) in [6, 6.07) is -0.869. The smallest absolute Gasteiger partial charge is 0.387 e. The highest BCUT2D eigenvalue weighted by Gasteiger charge is 2.27. The van der Waals surface area contributed by atoms with Crippen LogP contribution in [0.4, 0.5) is 0 Å². The van der Waals surface area contributed by atoms with Crippen LogP contribution in [0.5, 0.6) is 0 Å². The van der Waals surface area contributed by atoms with Crippen LogP contribution in [-0.4, -0.2) is 73.4 Å². The van der Waals surface area contributed by atoms with Crippen LogP contribution in [0, 0.1) is 0 Å². The number of hydrogen-bond acceptors (Lipinski definition) is 5. The summed E-state index contributed by atoms with van der Waals surface area (Å²) in [5.74, 6) is -0.202. The molecule has 3 N–H and O–H groups in total. The van der Waals surface area contributed by atoms with Gasteiger partial charge in [-0.15, -0.1) is 0 Å². The van der Waals surface area contributed by atoms with E-state index in [-0.39, 0.29) is 19.1 Å². The van der Waals surface area contributed by atoms with E-state index < -0.39 is 20.0 Å². The zero-order valence-electron chi connectivity index (χ0n) is 34.5. The topological polar surface area (TPSA) is 105 Å². The Morgan fingerprint density at radius 2 is 1.15 bits per heavy atom. The maximum absolute atomic E-state index is 12.8. The summed E-state index contributed by atoms with van der Waals surface area (Å²) in [5.41, 5.74) is 0.